The van der Waals surface area contributed by atoms with Crippen molar-refractivity contribution in [3.05, 3.63) is 96.7 Å². The van der Waals surface area contributed by atoms with Crippen LogP contribution in [0.3, 0.4) is 0 Å². The summed E-state index contributed by atoms with van der Waals surface area (Å²) in [6.07, 6.45) is 1.83. The van der Waals surface area contributed by atoms with Crippen LogP contribution in [0.15, 0.2) is 75.7 Å². The maximum absolute atomic E-state index is 14.2. The summed E-state index contributed by atoms with van der Waals surface area (Å²) in [7, 11) is 3.16. The Hall–Kier alpha value is -4.37. The zero-order valence-electron chi connectivity index (χ0n) is 23.0. The summed E-state index contributed by atoms with van der Waals surface area (Å²) in [5.74, 6) is 1.07. The molecule has 4 aromatic rings. The zero-order chi connectivity index (χ0) is 28.4. The number of carbonyl (C=O) groups is 1. The van der Waals surface area contributed by atoms with Crippen molar-refractivity contribution in [3.63, 3.8) is 0 Å². The van der Waals surface area contributed by atoms with Crippen LogP contribution in [0.4, 0.5) is 0 Å². The van der Waals surface area contributed by atoms with E-state index in [9.17, 15) is 9.59 Å². The summed E-state index contributed by atoms with van der Waals surface area (Å²) in [5.41, 5.74) is 1.86. The quantitative estimate of drug-likeness (QED) is 0.299. The minimum atomic E-state index is -0.830. The summed E-state index contributed by atoms with van der Waals surface area (Å²) >= 11 is 1.26. The number of allylic oxidation sites excluding steroid dienone is 1. The Bertz CT molecular complexity index is 1820. The fourth-order valence-electron chi connectivity index (χ4n) is 5.03. The van der Waals surface area contributed by atoms with Crippen molar-refractivity contribution in [1.29, 1.82) is 0 Å². The number of hydrogen-bond acceptors (Lipinski definition) is 8. The summed E-state index contributed by atoms with van der Waals surface area (Å²) in [5, 5.41) is 1.98. The van der Waals surface area contributed by atoms with E-state index in [1.54, 1.807) is 38.7 Å². The van der Waals surface area contributed by atoms with Crippen molar-refractivity contribution in [2.45, 2.75) is 26.8 Å². The van der Waals surface area contributed by atoms with Gasteiger partial charge in [0.05, 0.1) is 43.2 Å². The van der Waals surface area contributed by atoms with Crippen LogP contribution >= 0.6 is 11.3 Å². The smallest absolute Gasteiger partial charge is 0.338 e. The first-order valence-corrected chi connectivity index (χ1v) is 13.8. The number of thiazole rings is 1. The predicted molar refractivity (Wildman–Crippen MR) is 155 cm³/mol. The highest BCUT2D eigenvalue weighted by Crippen LogP contribution is 2.40. The molecular formula is C31H30N2O6S. The molecular weight excluding hydrogens is 528 g/mol. The second-order valence-corrected chi connectivity index (χ2v) is 10.0. The van der Waals surface area contributed by atoms with E-state index < -0.39 is 12.0 Å². The topological polar surface area (TPSA) is 88.4 Å². The van der Waals surface area contributed by atoms with Crippen molar-refractivity contribution < 1.29 is 23.7 Å². The van der Waals surface area contributed by atoms with Gasteiger partial charge >= 0.3 is 5.97 Å². The number of hydrogen-bond donors (Lipinski definition) is 0. The third-order valence-corrected chi connectivity index (χ3v) is 7.74. The molecule has 40 heavy (non-hydrogen) atoms. The van der Waals surface area contributed by atoms with E-state index in [1.807, 2.05) is 61.5 Å². The normalized spacial score (nSPS) is 15.0. The van der Waals surface area contributed by atoms with Gasteiger partial charge in [0.2, 0.25) is 0 Å². The molecule has 0 saturated heterocycles. The van der Waals surface area contributed by atoms with Crippen LogP contribution in [-0.4, -0.2) is 38.0 Å². The van der Waals surface area contributed by atoms with Gasteiger partial charge in [0, 0.05) is 11.1 Å². The predicted octanol–water partition coefficient (Wildman–Crippen LogP) is 4.37. The van der Waals surface area contributed by atoms with Gasteiger partial charge in [0.25, 0.3) is 5.56 Å². The number of carbonyl (C=O) groups excluding carboxylic acids is 1. The fraction of sp³-hybridized carbons (Fsp3) is 0.258. The average Bonchev–Trinajstić information content (AvgIpc) is 3.26. The van der Waals surface area contributed by atoms with Crippen LogP contribution in [0, 0.1) is 0 Å². The van der Waals surface area contributed by atoms with E-state index in [-0.39, 0.29) is 17.7 Å². The average molecular weight is 559 g/mol. The lowest BCUT2D eigenvalue weighted by molar-refractivity contribution is -0.139. The standard InChI is InChI=1S/C31H30N2O6S/c1-6-38-28-21(13-10-14-24(28)37-5)27-26(30(35)39-7-2)18(3)32-31-33(27)29(34)25(40-31)17-22-20-12-9-8-11-19(20)15-16-23(22)36-4/h8-17,27H,6-7H2,1-5H3. The Morgan fingerprint density at radius 3 is 2.50 bits per heavy atom. The summed E-state index contributed by atoms with van der Waals surface area (Å²) in [6.45, 7) is 5.92. The lowest BCUT2D eigenvalue weighted by Crippen LogP contribution is -2.40. The molecule has 0 amide bonds. The minimum absolute atomic E-state index is 0.185. The number of ether oxygens (including phenoxy) is 4. The Morgan fingerprint density at radius 2 is 1.77 bits per heavy atom. The van der Waals surface area contributed by atoms with Gasteiger partial charge in [-0.15, -0.1) is 0 Å². The van der Waals surface area contributed by atoms with E-state index in [1.165, 1.54) is 11.3 Å². The molecule has 0 saturated carbocycles. The maximum atomic E-state index is 14.2. The molecule has 3 aromatic carbocycles. The van der Waals surface area contributed by atoms with Crippen LogP contribution in [0.5, 0.6) is 17.2 Å². The lowest BCUT2D eigenvalue weighted by Gasteiger charge is -2.26. The molecule has 5 rings (SSSR count). The largest absolute Gasteiger partial charge is 0.496 e. The van der Waals surface area contributed by atoms with Crippen molar-refractivity contribution >= 4 is 34.2 Å². The van der Waals surface area contributed by atoms with E-state index in [0.29, 0.717) is 44.4 Å². The Kier molecular flexibility index (Phi) is 7.75. The van der Waals surface area contributed by atoms with Gasteiger partial charge < -0.3 is 18.9 Å². The maximum Gasteiger partial charge on any atom is 0.338 e. The van der Waals surface area contributed by atoms with E-state index in [2.05, 4.69) is 4.99 Å². The molecule has 1 aliphatic rings. The summed E-state index contributed by atoms with van der Waals surface area (Å²) in [6, 6.07) is 16.4. The number of aromatic nitrogens is 1. The third kappa shape index (κ3) is 4.66. The Morgan fingerprint density at radius 1 is 1.00 bits per heavy atom. The lowest BCUT2D eigenvalue weighted by atomic mass is 9.94. The van der Waals surface area contributed by atoms with Crippen molar-refractivity contribution in [2.24, 2.45) is 4.99 Å². The SMILES string of the molecule is CCOC(=O)C1=C(C)N=c2sc(=Cc3c(OC)ccc4ccccc34)c(=O)n2C1c1cccc(OC)c1OCC. The van der Waals surface area contributed by atoms with Gasteiger partial charge in [-0.2, -0.15) is 0 Å². The van der Waals surface area contributed by atoms with E-state index in [4.69, 9.17) is 18.9 Å². The summed E-state index contributed by atoms with van der Waals surface area (Å²) in [4.78, 5) is 32.7. The molecule has 8 nitrogen and oxygen atoms in total. The van der Waals surface area contributed by atoms with Gasteiger partial charge in [-0.1, -0.05) is 53.8 Å². The number of para-hydroxylation sites is 1. The molecule has 206 valence electrons. The van der Waals surface area contributed by atoms with Gasteiger partial charge in [-0.05, 0) is 49.8 Å². The number of methoxy groups -OCH3 is 2. The molecule has 0 fully saturated rings. The Balaban J connectivity index is 1.82. The zero-order valence-corrected chi connectivity index (χ0v) is 23.8. The van der Waals surface area contributed by atoms with Crippen LogP contribution in [-0.2, 0) is 9.53 Å². The molecule has 0 aliphatic carbocycles. The van der Waals surface area contributed by atoms with Gasteiger partial charge in [0.1, 0.15) is 11.8 Å². The number of nitrogens with zero attached hydrogens (tertiary/aromatic N) is 2. The first-order valence-electron chi connectivity index (χ1n) is 13.0. The van der Waals surface area contributed by atoms with Crippen LogP contribution in [0.1, 0.15) is 37.9 Å². The highest BCUT2D eigenvalue weighted by Gasteiger charge is 2.36. The van der Waals surface area contributed by atoms with Gasteiger partial charge in [0.15, 0.2) is 16.3 Å². The van der Waals surface area contributed by atoms with Crippen molar-refractivity contribution in [1.82, 2.24) is 4.57 Å². The summed E-state index contributed by atoms with van der Waals surface area (Å²) < 4.78 is 24.7. The first kappa shape index (κ1) is 27.2. The van der Waals surface area contributed by atoms with Crippen LogP contribution in [0.2, 0.25) is 0 Å². The molecule has 1 unspecified atom stereocenters. The molecule has 2 heterocycles. The van der Waals surface area contributed by atoms with Crippen molar-refractivity contribution in [3.8, 4) is 17.2 Å². The first-order chi connectivity index (χ1) is 19.4. The Labute approximate surface area is 235 Å². The molecule has 1 atom stereocenters. The minimum Gasteiger partial charge on any atom is -0.496 e. The number of esters is 1. The molecule has 0 bridgehead atoms. The number of fused-ring (bicyclic) bond motifs is 2. The molecule has 0 radical (unpaired) electrons. The van der Waals surface area contributed by atoms with Crippen LogP contribution < -0.4 is 29.1 Å². The molecule has 9 heteroatoms. The highest BCUT2D eigenvalue weighted by atomic mass is 32.1. The van der Waals surface area contributed by atoms with E-state index in [0.717, 1.165) is 16.3 Å². The second-order valence-electron chi connectivity index (χ2n) is 9.02. The third-order valence-electron chi connectivity index (χ3n) is 6.76. The molecule has 1 aliphatic heterocycles. The number of rotatable bonds is 8. The van der Waals surface area contributed by atoms with Gasteiger partial charge in [-0.3, -0.25) is 9.36 Å². The molecule has 0 spiro atoms. The van der Waals surface area contributed by atoms with Crippen molar-refractivity contribution in [2.75, 3.05) is 27.4 Å². The monoisotopic (exact) mass is 558 g/mol. The number of benzene rings is 3. The second kappa shape index (κ2) is 11.4. The van der Waals surface area contributed by atoms with E-state index >= 15 is 0 Å². The van der Waals surface area contributed by atoms with Crippen LogP contribution in [0.25, 0.3) is 16.8 Å². The molecule has 1 aromatic heterocycles. The van der Waals surface area contributed by atoms with Gasteiger partial charge in [-0.25, -0.2) is 9.79 Å². The molecule has 0 N–H and O–H groups in total. The fourth-order valence-corrected chi connectivity index (χ4v) is 6.06. The highest BCUT2D eigenvalue weighted by molar-refractivity contribution is 7.07.